The third-order valence-corrected chi connectivity index (χ3v) is 9.58. The summed E-state index contributed by atoms with van der Waals surface area (Å²) in [5, 5.41) is 0. The number of alkyl halides is 1. The lowest BCUT2D eigenvalue weighted by Crippen LogP contribution is -2.49. The van der Waals surface area contributed by atoms with Gasteiger partial charge in [0.15, 0.2) is 0 Å². The molecule has 3 fully saturated rings. The summed E-state index contributed by atoms with van der Waals surface area (Å²) < 4.78 is 0.902. The standard InChI is InChI=1S/C20H31I/c1-13-4-7-17-16-6-5-14-12-15(21)8-10-20(14,3)18(16)9-11-19(13,17)2/h5,13,15-18H,4,6-12H2,1-3H3. The molecule has 0 aliphatic heterocycles. The first kappa shape index (κ1) is 15.0. The summed E-state index contributed by atoms with van der Waals surface area (Å²) in [6.45, 7) is 7.81. The lowest BCUT2D eigenvalue weighted by Gasteiger charge is -2.58. The molecule has 0 saturated heterocycles. The van der Waals surface area contributed by atoms with Crippen molar-refractivity contribution in [1.82, 2.24) is 0 Å². The number of halogens is 1. The van der Waals surface area contributed by atoms with Crippen LogP contribution in [0.25, 0.3) is 0 Å². The molecule has 118 valence electrons. The predicted molar refractivity (Wildman–Crippen MR) is 98.7 cm³/mol. The van der Waals surface area contributed by atoms with Crippen molar-refractivity contribution in [3.63, 3.8) is 0 Å². The number of fused-ring (bicyclic) bond motifs is 5. The monoisotopic (exact) mass is 398 g/mol. The summed E-state index contributed by atoms with van der Waals surface area (Å²) in [5.41, 5.74) is 3.09. The van der Waals surface area contributed by atoms with E-state index in [1.54, 1.807) is 0 Å². The maximum Gasteiger partial charge on any atom is 0.0147 e. The van der Waals surface area contributed by atoms with Crippen LogP contribution in [-0.4, -0.2) is 3.92 Å². The summed E-state index contributed by atoms with van der Waals surface area (Å²) in [5.74, 6) is 4.00. The molecular formula is C20H31I. The highest BCUT2D eigenvalue weighted by molar-refractivity contribution is 14.1. The van der Waals surface area contributed by atoms with Crippen LogP contribution in [0, 0.1) is 34.5 Å². The first-order valence-corrected chi connectivity index (χ1v) is 10.5. The molecule has 1 heteroatoms. The fraction of sp³-hybridized carbons (Fsp3) is 0.900. The van der Waals surface area contributed by atoms with Crippen molar-refractivity contribution < 1.29 is 0 Å². The second-order valence-corrected chi connectivity index (χ2v) is 10.9. The second kappa shape index (κ2) is 4.98. The Morgan fingerprint density at radius 1 is 1.05 bits per heavy atom. The first-order valence-electron chi connectivity index (χ1n) is 9.29. The van der Waals surface area contributed by atoms with Crippen LogP contribution in [0.4, 0.5) is 0 Å². The van der Waals surface area contributed by atoms with E-state index in [1.807, 2.05) is 5.57 Å². The summed E-state index contributed by atoms with van der Waals surface area (Å²) in [6, 6.07) is 0. The normalized spacial score (nSPS) is 56.2. The van der Waals surface area contributed by atoms with Crippen LogP contribution in [0.2, 0.25) is 0 Å². The third kappa shape index (κ3) is 2.04. The molecule has 4 aliphatic rings. The number of hydrogen-bond acceptors (Lipinski definition) is 0. The molecule has 4 rings (SSSR count). The van der Waals surface area contributed by atoms with Crippen LogP contribution in [0.5, 0.6) is 0 Å². The van der Waals surface area contributed by atoms with Gasteiger partial charge in [-0.1, -0.05) is 55.0 Å². The fourth-order valence-corrected chi connectivity index (χ4v) is 7.67. The Hall–Kier alpha value is 0.470. The van der Waals surface area contributed by atoms with E-state index in [2.05, 4.69) is 49.4 Å². The van der Waals surface area contributed by atoms with Gasteiger partial charge in [-0.15, -0.1) is 0 Å². The molecule has 21 heavy (non-hydrogen) atoms. The molecule has 0 heterocycles. The van der Waals surface area contributed by atoms with Crippen LogP contribution < -0.4 is 0 Å². The van der Waals surface area contributed by atoms with E-state index in [0.29, 0.717) is 10.8 Å². The van der Waals surface area contributed by atoms with Crippen molar-refractivity contribution >= 4 is 22.6 Å². The molecule has 0 N–H and O–H groups in total. The van der Waals surface area contributed by atoms with Crippen LogP contribution in [-0.2, 0) is 0 Å². The van der Waals surface area contributed by atoms with E-state index >= 15 is 0 Å². The van der Waals surface area contributed by atoms with E-state index in [9.17, 15) is 0 Å². The van der Waals surface area contributed by atoms with E-state index in [-0.39, 0.29) is 0 Å². The van der Waals surface area contributed by atoms with Gasteiger partial charge in [0.2, 0.25) is 0 Å². The van der Waals surface area contributed by atoms with Gasteiger partial charge in [0, 0.05) is 3.92 Å². The summed E-state index contributed by atoms with van der Waals surface area (Å²) >= 11 is 2.69. The molecule has 4 aliphatic carbocycles. The van der Waals surface area contributed by atoms with E-state index in [1.165, 1.54) is 51.4 Å². The maximum absolute atomic E-state index is 2.71. The highest BCUT2D eigenvalue weighted by Gasteiger charge is 2.57. The Kier molecular flexibility index (Phi) is 3.56. The van der Waals surface area contributed by atoms with Gasteiger partial charge in [-0.05, 0) is 85.9 Å². The smallest absolute Gasteiger partial charge is 0.0147 e. The Balaban J connectivity index is 1.68. The van der Waals surface area contributed by atoms with Crippen molar-refractivity contribution in [3.8, 4) is 0 Å². The van der Waals surface area contributed by atoms with Gasteiger partial charge < -0.3 is 0 Å². The molecule has 3 saturated carbocycles. The van der Waals surface area contributed by atoms with Gasteiger partial charge in [-0.2, -0.15) is 0 Å². The molecule has 0 aromatic rings. The van der Waals surface area contributed by atoms with Gasteiger partial charge in [-0.25, -0.2) is 0 Å². The molecule has 0 nitrogen and oxygen atoms in total. The molecule has 0 radical (unpaired) electrons. The van der Waals surface area contributed by atoms with E-state index in [0.717, 1.165) is 27.6 Å². The van der Waals surface area contributed by atoms with Gasteiger partial charge in [0.25, 0.3) is 0 Å². The molecule has 0 bridgehead atoms. The van der Waals surface area contributed by atoms with Crippen molar-refractivity contribution in [2.24, 2.45) is 34.5 Å². The topological polar surface area (TPSA) is 0 Å². The number of allylic oxidation sites excluding steroid dienone is 2. The molecule has 0 aromatic carbocycles. The van der Waals surface area contributed by atoms with Crippen molar-refractivity contribution in [2.45, 2.75) is 76.1 Å². The minimum absolute atomic E-state index is 0.567. The molecule has 0 aromatic heterocycles. The van der Waals surface area contributed by atoms with Gasteiger partial charge >= 0.3 is 0 Å². The Bertz CT molecular complexity index is 466. The van der Waals surface area contributed by atoms with Crippen molar-refractivity contribution in [1.29, 1.82) is 0 Å². The van der Waals surface area contributed by atoms with Crippen molar-refractivity contribution in [2.75, 3.05) is 0 Å². The van der Waals surface area contributed by atoms with E-state index in [4.69, 9.17) is 0 Å². The number of rotatable bonds is 0. The highest BCUT2D eigenvalue weighted by Crippen LogP contribution is 2.66. The van der Waals surface area contributed by atoms with E-state index < -0.39 is 0 Å². The third-order valence-electron chi connectivity index (χ3n) is 8.52. The average Bonchev–Trinajstić information content (AvgIpc) is 2.76. The molecule has 0 spiro atoms. The highest BCUT2D eigenvalue weighted by atomic mass is 127. The van der Waals surface area contributed by atoms with Gasteiger partial charge in [-0.3, -0.25) is 0 Å². The zero-order valence-corrected chi connectivity index (χ0v) is 16.2. The minimum atomic E-state index is 0.567. The fourth-order valence-electron chi connectivity index (χ4n) is 6.88. The minimum Gasteiger partial charge on any atom is -0.0844 e. The SMILES string of the molecule is CC1CCC2C3CC=C4CC(I)CCC4(C)C3CCC12C. The lowest BCUT2D eigenvalue weighted by atomic mass is 9.47. The Morgan fingerprint density at radius 3 is 2.67 bits per heavy atom. The first-order chi connectivity index (χ1) is 9.95. The summed E-state index contributed by atoms with van der Waals surface area (Å²) in [7, 11) is 0. The zero-order chi connectivity index (χ0) is 14.8. The predicted octanol–water partition coefficient (Wildman–Crippen LogP) is 6.39. The molecule has 7 unspecified atom stereocenters. The second-order valence-electron chi connectivity index (χ2n) is 9.12. The molecular weight excluding hydrogens is 367 g/mol. The largest absolute Gasteiger partial charge is 0.0844 e. The van der Waals surface area contributed by atoms with Gasteiger partial charge in [0.1, 0.15) is 0 Å². The summed E-state index contributed by atoms with van der Waals surface area (Å²) in [4.78, 5) is 0. The van der Waals surface area contributed by atoms with Crippen LogP contribution in [0.1, 0.15) is 72.1 Å². The number of hydrogen-bond donors (Lipinski definition) is 0. The Labute approximate surface area is 144 Å². The van der Waals surface area contributed by atoms with Crippen LogP contribution in [0.3, 0.4) is 0 Å². The Morgan fingerprint density at radius 2 is 1.86 bits per heavy atom. The molecule has 0 amide bonds. The van der Waals surface area contributed by atoms with Crippen LogP contribution >= 0.6 is 22.6 Å². The van der Waals surface area contributed by atoms with Crippen LogP contribution in [0.15, 0.2) is 11.6 Å². The maximum atomic E-state index is 2.71. The average molecular weight is 398 g/mol. The quantitative estimate of drug-likeness (QED) is 0.252. The van der Waals surface area contributed by atoms with Gasteiger partial charge in [0.05, 0.1) is 0 Å². The van der Waals surface area contributed by atoms with Crippen molar-refractivity contribution in [3.05, 3.63) is 11.6 Å². The molecule has 7 atom stereocenters. The lowest BCUT2D eigenvalue weighted by molar-refractivity contribution is -0.0378. The zero-order valence-electron chi connectivity index (χ0n) is 14.0. The summed E-state index contributed by atoms with van der Waals surface area (Å²) in [6.07, 6.45) is 14.5.